The standard InChI is InChI=1S/C14H14FN5/c15-9-1-4-13-12(5-9)18-14(20(13)11-2-3-11)8-19-7-10(16)6-17-19/h1,4-7,11H,2-3,8,16H2. The summed E-state index contributed by atoms with van der Waals surface area (Å²) in [6.07, 6.45) is 5.69. The molecule has 0 radical (unpaired) electrons. The third kappa shape index (κ3) is 1.84. The van der Waals surface area contributed by atoms with Gasteiger partial charge in [0, 0.05) is 18.3 Å². The highest BCUT2D eigenvalue weighted by molar-refractivity contribution is 5.76. The van der Waals surface area contributed by atoms with Gasteiger partial charge in [-0.15, -0.1) is 0 Å². The molecule has 0 aliphatic heterocycles. The van der Waals surface area contributed by atoms with E-state index in [1.807, 2.05) is 0 Å². The summed E-state index contributed by atoms with van der Waals surface area (Å²) in [5, 5.41) is 4.18. The Balaban J connectivity index is 1.83. The quantitative estimate of drug-likeness (QED) is 0.795. The number of aromatic nitrogens is 4. The van der Waals surface area contributed by atoms with Gasteiger partial charge >= 0.3 is 0 Å². The van der Waals surface area contributed by atoms with Crippen molar-refractivity contribution in [3.63, 3.8) is 0 Å². The molecule has 2 aromatic heterocycles. The Bertz CT molecular complexity index is 784. The minimum absolute atomic E-state index is 0.257. The molecule has 0 saturated heterocycles. The van der Waals surface area contributed by atoms with Gasteiger partial charge in [-0.3, -0.25) is 4.68 Å². The number of nitrogens with two attached hydrogens (primary N) is 1. The average molecular weight is 271 g/mol. The van der Waals surface area contributed by atoms with Crippen LogP contribution in [0, 0.1) is 5.82 Å². The lowest BCUT2D eigenvalue weighted by atomic mass is 10.3. The normalized spacial score (nSPS) is 15.1. The van der Waals surface area contributed by atoms with Gasteiger partial charge in [-0.1, -0.05) is 0 Å². The number of fused-ring (bicyclic) bond motifs is 1. The lowest BCUT2D eigenvalue weighted by Crippen LogP contribution is -2.08. The van der Waals surface area contributed by atoms with Crippen molar-refractivity contribution in [1.82, 2.24) is 19.3 Å². The van der Waals surface area contributed by atoms with Gasteiger partial charge in [0.1, 0.15) is 11.6 Å². The molecule has 5 nitrogen and oxygen atoms in total. The molecular formula is C14H14FN5. The Morgan fingerprint density at radius 3 is 2.90 bits per heavy atom. The molecule has 6 heteroatoms. The summed E-state index contributed by atoms with van der Waals surface area (Å²) < 4.78 is 17.3. The minimum Gasteiger partial charge on any atom is -0.396 e. The number of anilines is 1. The molecule has 0 atom stereocenters. The molecule has 1 aliphatic carbocycles. The fourth-order valence-electron chi connectivity index (χ4n) is 2.58. The summed E-state index contributed by atoms with van der Waals surface area (Å²) in [7, 11) is 0. The third-order valence-corrected chi connectivity index (χ3v) is 3.59. The Hall–Kier alpha value is -2.37. The molecular weight excluding hydrogens is 257 g/mol. The number of imidazole rings is 1. The molecule has 2 heterocycles. The van der Waals surface area contributed by atoms with E-state index in [0.29, 0.717) is 23.8 Å². The van der Waals surface area contributed by atoms with E-state index in [9.17, 15) is 4.39 Å². The Kier molecular flexibility index (Phi) is 2.33. The summed E-state index contributed by atoms with van der Waals surface area (Å²) in [5.74, 6) is 0.643. The number of halogens is 1. The molecule has 20 heavy (non-hydrogen) atoms. The summed E-state index contributed by atoms with van der Waals surface area (Å²) in [6, 6.07) is 5.25. The number of nitrogen functional groups attached to an aromatic ring is 1. The van der Waals surface area contributed by atoms with E-state index in [2.05, 4.69) is 14.6 Å². The highest BCUT2D eigenvalue weighted by atomic mass is 19.1. The van der Waals surface area contributed by atoms with Crippen molar-refractivity contribution in [2.45, 2.75) is 25.4 Å². The predicted molar refractivity (Wildman–Crippen MR) is 73.7 cm³/mol. The van der Waals surface area contributed by atoms with Crippen molar-refractivity contribution in [2.75, 3.05) is 5.73 Å². The molecule has 3 aromatic rings. The van der Waals surface area contributed by atoms with E-state index < -0.39 is 0 Å². The van der Waals surface area contributed by atoms with E-state index in [1.165, 1.54) is 12.1 Å². The van der Waals surface area contributed by atoms with Crippen LogP contribution in [0.3, 0.4) is 0 Å². The molecule has 1 aliphatic rings. The fourth-order valence-corrected chi connectivity index (χ4v) is 2.58. The van der Waals surface area contributed by atoms with Crippen LogP contribution in [0.5, 0.6) is 0 Å². The number of nitrogens with zero attached hydrogens (tertiary/aromatic N) is 4. The number of rotatable bonds is 3. The predicted octanol–water partition coefficient (Wildman–Crippen LogP) is 2.34. The summed E-state index contributed by atoms with van der Waals surface area (Å²) in [6.45, 7) is 0.546. The topological polar surface area (TPSA) is 61.7 Å². The van der Waals surface area contributed by atoms with Crippen molar-refractivity contribution in [3.05, 3.63) is 42.2 Å². The van der Waals surface area contributed by atoms with Crippen LogP contribution < -0.4 is 5.73 Å². The van der Waals surface area contributed by atoms with Crippen LogP contribution in [0.15, 0.2) is 30.6 Å². The summed E-state index contributed by atoms with van der Waals surface area (Å²) in [5.41, 5.74) is 8.00. The maximum atomic E-state index is 13.3. The number of benzene rings is 1. The molecule has 2 N–H and O–H groups in total. The molecule has 1 aromatic carbocycles. The maximum absolute atomic E-state index is 13.3. The molecule has 102 valence electrons. The monoisotopic (exact) mass is 271 g/mol. The SMILES string of the molecule is Nc1cnn(Cc2nc3cc(F)ccc3n2C2CC2)c1. The zero-order valence-corrected chi connectivity index (χ0v) is 10.8. The second kappa shape index (κ2) is 4.06. The maximum Gasteiger partial charge on any atom is 0.131 e. The Labute approximate surface area is 114 Å². The third-order valence-electron chi connectivity index (χ3n) is 3.59. The van der Waals surface area contributed by atoms with E-state index >= 15 is 0 Å². The molecule has 1 saturated carbocycles. The van der Waals surface area contributed by atoms with Crippen molar-refractivity contribution < 1.29 is 4.39 Å². The van der Waals surface area contributed by atoms with Gasteiger partial charge in [0.25, 0.3) is 0 Å². The van der Waals surface area contributed by atoms with E-state index in [-0.39, 0.29) is 5.82 Å². The van der Waals surface area contributed by atoms with Gasteiger partial charge in [-0.2, -0.15) is 5.10 Å². The first kappa shape index (κ1) is 11.5. The van der Waals surface area contributed by atoms with Gasteiger partial charge < -0.3 is 10.3 Å². The molecule has 0 bridgehead atoms. The van der Waals surface area contributed by atoms with Gasteiger partial charge in [-0.25, -0.2) is 9.37 Å². The average Bonchev–Trinajstić information content (AvgIpc) is 3.07. The van der Waals surface area contributed by atoms with Crippen LogP contribution in [0.1, 0.15) is 24.7 Å². The second-order valence-corrected chi connectivity index (χ2v) is 5.23. The fraction of sp³-hybridized carbons (Fsp3) is 0.286. The van der Waals surface area contributed by atoms with Crippen molar-refractivity contribution in [1.29, 1.82) is 0 Å². The van der Waals surface area contributed by atoms with Gasteiger partial charge in [0.2, 0.25) is 0 Å². The van der Waals surface area contributed by atoms with Crippen LogP contribution in [0.4, 0.5) is 10.1 Å². The van der Waals surface area contributed by atoms with Crippen molar-refractivity contribution in [3.8, 4) is 0 Å². The van der Waals surface area contributed by atoms with Crippen LogP contribution in [0.2, 0.25) is 0 Å². The first-order valence-electron chi connectivity index (χ1n) is 6.65. The Morgan fingerprint density at radius 2 is 2.20 bits per heavy atom. The Morgan fingerprint density at radius 1 is 1.35 bits per heavy atom. The largest absolute Gasteiger partial charge is 0.396 e. The highest BCUT2D eigenvalue weighted by Crippen LogP contribution is 2.38. The summed E-state index contributed by atoms with van der Waals surface area (Å²) >= 11 is 0. The van der Waals surface area contributed by atoms with Crippen molar-refractivity contribution >= 4 is 16.7 Å². The van der Waals surface area contributed by atoms with Crippen molar-refractivity contribution in [2.24, 2.45) is 0 Å². The van der Waals surface area contributed by atoms with E-state index in [0.717, 1.165) is 24.2 Å². The zero-order valence-electron chi connectivity index (χ0n) is 10.8. The number of hydrogen-bond acceptors (Lipinski definition) is 3. The molecule has 0 unspecified atom stereocenters. The van der Waals surface area contributed by atoms with Crippen LogP contribution >= 0.6 is 0 Å². The van der Waals surface area contributed by atoms with Gasteiger partial charge in [0.15, 0.2) is 0 Å². The van der Waals surface area contributed by atoms with Crippen LogP contribution in [-0.4, -0.2) is 19.3 Å². The lowest BCUT2D eigenvalue weighted by Gasteiger charge is -2.07. The van der Waals surface area contributed by atoms with Gasteiger partial charge in [-0.05, 0) is 25.0 Å². The molecule has 0 amide bonds. The second-order valence-electron chi connectivity index (χ2n) is 5.23. The van der Waals surface area contributed by atoms with E-state index in [4.69, 9.17) is 5.73 Å². The molecule has 4 rings (SSSR count). The highest BCUT2D eigenvalue weighted by Gasteiger charge is 2.28. The number of hydrogen-bond donors (Lipinski definition) is 1. The van der Waals surface area contributed by atoms with Gasteiger partial charge in [0.05, 0.1) is 29.5 Å². The molecule has 0 spiro atoms. The van der Waals surface area contributed by atoms with Crippen LogP contribution in [0.25, 0.3) is 11.0 Å². The summed E-state index contributed by atoms with van der Waals surface area (Å²) in [4.78, 5) is 4.56. The first-order valence-corrected chi connectivity index (χ1v) is 6.65. The minimum atomic E-state index is -0.257. The zero-order chi connectivity index (χ0) is 13.7. The first-order chi connectivity index (χ1) is 9.70. The molecule has 1 fully saturated rings. The smallest absolute Gasteiger partial charge is 0.131 e. The lowest BCUT2D eigenvalue weighted by molar-refractivity contribution is 0.608. The van der Waals surface area contributed by atoms with Crippen LogP contribution in [-0.2, 0) is 6.54 Å². The van der Waals surface area contributed by atoms with E-state index in [1.54, 1.807) is 23.1 Å².